The third-order valence-corrected chi connectivity index (χ3v) is 5.44. The van der Waals surface area contributed by atoms with Crippen molar-refractivity contribution in [3.63, 3.8) is 0 Å². The van der Waals surface area contributed by atoms with Crippen LogP contribution in [0.25, 0.3) is 0 Å². The molecule has 2 saturated heterocycles. The highest BCUT2D eigenvalue weighted by molar-refractivity contribution is 5.94. The van der Waals surface area contributed by atoms with E-state index in [1.54, 1.807) is 0 Å². The van der Waals surface area contributed by atoms with E-state index in [0.29, 0.717) is 6.04 Å². The molecule has 0 spiro atoms. The Hall–Kier alpha value is -2.14. The molecule has 2 aliphatic heterocycles. The lowest BCUT2D eigenvalue weighted by atomic mass is 10.1. The van der Waals surface area contributed by atoms with Crippen LogP contribution >= 0.6 is 0 Å². The van der Waals surface area contributed by atoms with Crippen LogP contribution in [0.5, 0.6) is 0 Å². The molecular formula is C20H26N4O. The molecule has 0 radical (unpaired) electrons. The molecule has 25 heavy (non-hydrogen) atoms. The summed E-state index contributed by atoms with van der Waals surface area (Å²) in [6.45, 7) is 4.86. The molecule has 132 valence electrons. The minimum absolute atomic E-state index is 0.182. The fourth-order valence-corrected chi connectivity index (χ4v) is 4.02. The average Bonchev–Trinajstić information content (AvgIpc) is 3.39. The molecule has 2 aromatic rings. The SMILES string of the molecule is O=C(c1ccc(CN2CCCC2Cn2cccn2)cc1)N1CCCC1. The normalized spacial score (nSPS) is 21.1. The lowest BCUT2D eigenvalue weighted by molar-refractivity contribution is 0.0793. The van der Waals surface area contributed by atoms with Crippen LogP contribution in [0.1, 0.15) is 41.6 Å². The van der Waals surface area contributed by atoms with E-state index in [1.165, 1.54) is 18.4 Å². The van der Waals surface area contributed by atoms with Gasteiger partial charge in [0.1, 0.15) is 0 Å². The average molecular weight is 338 g/mol. The number of benzene rings is 1. The molecular weight excluding hydrogens is 312 g/mol. The van der Waals surface area contributed by atoms with Gasteiger partial charge in [0, 0.05) is 43.6 Å². The van der Waals surface area contributed by atoms with Crippen LogP contribution in [-0.4, -0.2) is 51.2 Å². The van der Waals surface area contributed by atoms with Gasteiger partial charge in [-0.2, -0.15) is 5.10 Å². The van der Waals surface area contributed by atoms with Crippen molar-refractivity contribution < 1.29 is 4.79 Å². The third kappa shape index (κ3) is 3.76. The number of aromatic nitrogens is 2. The van der Waals surface area contributed by atoms with Gasteiger partial charge >= 0.3 is 0 Å². The molecule has 2 fully saturated rings. The first-order chi connectivity index (χ1) is 12.3. The van der Waals surface area contributed by atoms with Gasteiger partial charge in [-0.25, -0.2) is 0 Å². The molecule has 2 aliphatic rings. The second-order valence-corrected chi connectivity index (χ2v) is 7.19. The Morgan fingerprint density at radius 3 is 2.60 bits per heavy atom. The van der Waals surface area contributed by atoms with Gasteiger partial charge in [-0.15, -0.1) is 0 Å². The predicted molar refractivity (Wildman–Crippen MR) is 97.2 cm³/mol. The molecule has 3 heterocycles. The molecule has 0 N–H and O–H groups in total. The molecule has 1 aromatic carbocycles. The molecule has 0 aliphatic carbocycles. The fourth-order valence-electron chi connectivity index (χ4n) is 4.02. The summed E-state index contributed by atoms with van der Waals surface area (Å²) >= 11 is 0. The van der Waals surface area contributed by atoms with Gasteiger partial charge in [-0.05, 0) is 56.0 Å². The summed E-state index contributed by atoms with van der Waals surface area (Å²) in [7, 11) is 0. The molecule has 0 bridgehead atoms. The van der Waals surface area contributed by atoms with Crippen molar-refractivity contribution in [3.05, 3.63) is 53.9 Å². The highest BCUT2D eigenvalue weighted by Crippen LogP contribution is 2.22. The van der Waals surface area contributed by atoms with Gasteiger partial charge < -0.3 is 4.90 Å². The molecule has 1 aromatic heterocycles. The second kappa shape index (κ2) is 7.40. The molecule has 1 amide bonds. The van der Waals surface area contributed by atoms with Crippen molar-refractivity contribution in [3.8, 4) is 0 Å². The molecule has 1 unspecified atom stereocenters. The predicted octanol–water partition coefficient (Wildman–Crippen LogP) is 2.78. The first-order valence-electron chi connectivity index (χ1n) is 9.39. The number of hydrogen-bond acceptors (Lipinski definition) is 3. The van der Waals surface area contributed by atoms with E-state index in [4.69, 9.17) is 0 Å². The van der Waals surface area contributed by atoms with Gasteiger partial charge in [0.25, 0.3) is 5.91 Å². The van der Waals surface area contributed by atoms with Crippen LogP contribution in [0.2, 0.25) is 0 Å². The van der Waals surface area contributed by atoms with Gasteiger partial charge in [0.15, 0.2) is 0 Å². The Morgan fingerprint density at radius 1 is 1.08 bits per heavy atom. The zero-order valence-corrected chi connectivity index (χ0v) is 14.7. The highest BCUT2D eigenvalue weighted by atomic mass is 16.2. The number of nitrogens with zero attached hydrogens (tertiary/aromatic N) is 4. The summed E-state index contributed by atoms with van der Waals surface area (Å²) in [5.74, 6) is 0.182. The Kier molecular flexibility index (Phi) is 4.83. The van der Waals surface area contributed by atoms with E-state index in [2.05, 4.69) is 22.1 Å². The monoisotopic (exact) mass is 338 g/mol. The van der Waals surface area contributed by atoms with Crippen molar-refractivity contribution in [2.24, 2.45) is 0 Å². The standard InChI is InChI=1S/C20H26N4O/c25-20(22-11-1-2-12-22)18-8-6-17(7-9-18)15-23-13-3-5-19(23)16-24-14-4-10-21-24/h4,6-10,14,19H,1-3,5,11-13,15-16H2. The van der Waals surface area contributed by atoms with E-state index in [0.717, 1.165) is 51.1 Å². The molecule has 4 rings (SSSR count). The summed E-state index contributed by atoms with van der Waals surface area (Å²) in [5.41, 5.74) is 2.10. The number of carbonyl (C=O) groups excluding carboxylic acids is 1. The minimum Gasteiger partial charge on any atom is -0.339 e. The number of amides is 1. The summed E-state index contributed by atoms with van der Waals surface area (Å²) < 4.78 is 2.03. The Labute approximate surface area is 149 Å². The first-order valence-corrected chi connectivity index (χ1v) is 9.39. The van der Waals surface area contributed by atoms with Crippen LogP contribution in [-0.2, 0) is 13.1 Å². The number of hydrogen-bond donors (Lipinski definition) is 0. The zero-order valence-electron chi connectivity index (χ0n) is 14.7. The zero-order chi connectivity index (χ0) is 17.1. The quantitative estimate of drug-likeness (QED) is 0.842. The van der Waals surface area contributed by atoms with Crippen molar-refractivity contribution in [2.45, 2.75) is 44.8 Å². The largest absolute Gasteiger partial charge is 0.339 e. The van der Waals surface area contributed by atoms with Crippen LogP contribution in [0.15, 0.2) is 42.7 Å². The lowest BCUT2D eigenvalue weighted by Gasteiger charge is -2.24. The maximum Gasteiger partial charge on any atom is 0.253 e. The lowest BCUT2D eigenvalue weighted by Crippen LogP contribution is -2.32. The van der Waals surface area contributed by atoms with Crippen LogP contribution < -0.4 is 0 Å². The van der Waals surface area contributed by atoms with Crippen molar-refractivity contribution in [1.29, 1.82) is 0 Å². The molecule has 5 nitrogen and oxygen atoms in total. The van der Waals surface area contributed by atoms with E-state index < -0.39 is 0 Å². The highest BCUT2D eigenvalue weighted by Gasteiger charge is 2.25. The summed E-state index contributed by atoms with van der Waals surface area (Å²) in [4.78, 5) is 16.9. The number of likely N-dealkylation sites (tertiary alicyclic amines) is 2. The van der Waals surface area contributed by atoms with Gasteiger partial charge in [-0.1, -0.05) is 12.1 Å². The van der Waals surface area contributed by atoms with Gasteiger partial charge in [-0.3, -0.25) is 14.4 Å². The van der Waals surface area contributed by atoms with Crippen molar-refractivity contribution in [2.75, 3.05) is 19.6 Å². The molecule has 5 heteroatoms. The van der Waals surface area contributed by atoms with E-state index in [9.17, 15) is 4.79 Å². The van der Waals surface area contributed by atoms with Crippen molar-refractivity contribution in [1.82, 2.24) is 19.6 Å². The van der Waals surface area contributed by atoms with E-state index in [-0.39, 0.29) is 5.91 Å². The minimum atomic E-state index is 0.182. The topological polar surface area (TPSA) is 41.4 Å². The van der Waals surface area contributed by atoms with E-state index >= 15 is 0 Å². The third-order valence-electron chi connectivity index (χ3n) is 5.44. The van der Waals surface area contributed by atoms with Crippen molar-refractivity contribution >= 4 is 5.91 Å². The van der Waals surface area contributed by atoms with Crippen LogP contribution in [0.4, 0.5) is 0 Å². The van der Waals surface area contributed by atoms with Crippen LogP contribution in [0.3, 0.4) is 0 Å². The fraction of sp³-hybridized carbons (Fsp3) is 0.500. The van der Waals surface area contributed by atoms with Gasteiger partial charge in [0.2, 0.25) is 0 Å². The Morgan fingerprint density at radius 2 is 1.88 bits per heavy atom. The maximum atomic E-state index is 12.4. The Bertz CT molecular complexity index is 689. The molecule has 1 atom stereocenters. The summed E-state index contributed by atoms with van der Waals surface area (Å²) in [6.07, 6.45) is 8.63. The summed E-state index contributed by atoms with van der Waals surface area (Å²) in [5, 5.41) is 4.34. The number of carbonyl (C=O) groups is 1. The number of rotatable bonds is 5. The van der Waals surface area contributed by atoms with Gasteiger partial charge in [0.05, 0.1) is 6.54 Å². The smallest absolute Gasteiger partial charge is 0.253 e. The molecule has 0 saturated carbocycles. The van der Waals surface area contributed by atoms with E-state index in [1.807, 2.05) is 40.2 Å². The summed E-state index contributed by atoms with van der Waals surface area (Å²) in [6, 6.07) is 10.8. The second-order valence-electron chi connectivity index (χ2n) is 7.19. The maximum absolute atomic E-state index is 12.4. The Balaban J connectivity index is 1.37. The van der Waals surface area contributed by atoms with Crippen LogP contribution in [0, 0.1) is 0 Å². The first kappa shape index (κ1) is 16.3.